The van der Waals surface area contributed by atoms with Crippen molar-refractivity contribution in [3.8, 4) is 11.1 Å². The fourth-order valence-corrected chi connectivity index (χ4v) is 3.98. The third-order valence-electron chi connectivity index (χ3n) is 3.78. The Labute approximate surface area is 145 Å². The quantitative estimate of drug-likeness (QED) is 0.616. The van der Waals surface area contributed by atoms with E-state index in [2.05, 4.69) is 67.2 Å². The van der Waals surface area contributed by atoms with E-state index < -0.39 is 0 Å². The molecule has 0 atom stereocenters. The molecule has 1 aromatic carbocycles. The second kappa shape index (κ2) is 6.46. The smallest absolute Gasteiger partial charge is 0.225 e. The van der Waals surface area contributed by atoms with E-state index in [0.29, 0.717) is 0 Å². The van der Waals surface area contributed by atoms with Crippen molar-refractivity contribution in [2.24, 2.45) is 0 Å². The molecule has 0 aliphatic rings. The number of benzene rings is 1. The molecule has 0 amide bonds. The summed E-state index contributed by atoms with van der Waals surface area (Å²) in [6, 6.07) is 9.01. The van der Waals surface area contributed by atoms with Gasteiger partial charge < -0.3 is 5.32 Å². The highest BCUT2D eigenvalue weighted by atomic mass is 35.5. The molecule has 2 heterocycles. The molecule has 0 saturated heterocycles. The van der Waals surface area contributed by atoms with Crippen molar-refractivity contribution >= 4 is 39.0 Å². The molecule has 23 heavy (non-hydrogen) atoms. The van der Waals surface area contributed by atoms with E-state index in [-0.39, 0.29) is 11.3 Å². The number of aryl methyl sites for hydroxylation is 2. The van der Waals surface area contributed by atoms with Crippen LogP contribution in [0.3, 0.4) is 0 Å². The molecule has 2 aromatic heterocycles. The van der Waals surface area contributed by atoms with Crippen LogP contribution in [0.1, 0.15) is 31.2 Å². The van der Waals surface area contributed by atoms with Gasteiger partial charge in [-0.25, -0.2) is 9.97 Å². The van der Waals surface area contributed by atoms with Gasteiger partial charge in [0.15, 0.2) is 0 Å². The molecule has 0 radical (unpaired) electrons. The largest absolute Gasteiger partial charge is 0.367 e. The number of hydrogen-bond donors (Lipinski definition) is 1. The number of hydrogen-bond acceptors (Lipinski definition) is 4. The van der Waals surface area contributed by atoms with E-state index in [1.54, 1.807) is 11.3 Å². The molecule has 5 heteroatoms. The number of fused-ring (bicyclic) bond motifs is 1. The van der Waals surface area contributed by atoms with E-state index in [1.807, 2.05) is 0 Å². The SMILES string of the molecule is CCc1ccc(-c2c(C)sc3nc(Cl)nc(NC(C)C)c23)cc1. The predicted octanol–water partition coefficient (Wildman–Crippen LogP) is 5.70. The van der Waals surface area contributed by atoms with Crippen LogP contribution in [0.15, 0.2) is 24.3 Å². The molecular weight excluding hydrogens is 326 g/mol. The minimum atomic E-state index is 0.277. The Morgan fingerprint density at radius 2 is 1.87 bits per heavy atom. The Kier molecular flexibility index (Phi) is 4.55. The normalized spacial score (nSPS) is 11.4. The summed E-state index contributed by atoms with van der Waals surface area (Å²) in [6.07, 6.45) is 1.04. The third kappa shape index (κ3) is 3.19. The number of rotatable bonds is 4. The summed E-state index contributed by atoms with van der Waals surface area (Å²) >= 11 is 7.76. The van der Waals surface area contributed by atoms with E-state index in [9.17, 15) is 0 Å². The van der Waals surface area contributed by atoms with Crippen LogP contribution in [0.2, 0.25) is 5.28 Å². The Balaban J connectivity index is 2.24. The summed E-state index contributed by atoms with van der Waals surface area (Å²) in [7, 11) is 0. The fourth-order valence-electron chi connectivity index (χ4n) is 2.72. The van der Waals surface area contributed by atoms with Crippen LogP contribution >= 0.6 is 22.9 Å². The standard InChI is InChI=1S/C18H20ClN3S/c1-5-12-6-8-13(9-7-12)14-11(4)23-17-15(14)16(20-10(2)3)21-18(19)22-17/h6-10H,5H2,1-4H3,(H,20,21,22). The molecule has 0 fully saturated rings. The lowest BCUT2D eigenvalue weighted by Gasteiger charge is -2.12. The van der Waals surface area contributed by atoms with Gasteiger partial charge in [-0.05, 0) is 49.9 Å². The summed E-state index contributed by atoms with van der Waals surface area (Å²) < 4.78 is 0. The van der Waals surface area contributed by atoms with Crippen LogP contribution in [0.25, 0.3) is 21.3 Å². The minimum absolute atomic E-state index is 0.277. The Morgan fingerprint density at radius 3 is 2.48 bits per heavy atom. The zero-order chi connectivity index (χ0) is 16.6. The molecule has 0 aliphatic heterocycles. The van der Waals surface area contributed by atoms with Gasteiger partial charge in [-0.1, -0.05) is 31.2 Å². The minimum Gasteiger partial charge on any atom is -0.367 e. The number of nitrogens with zero attached hydrogens (tertiary/aromatic N) is 2. The van der Waals surface area contributed by atoms with Crippen molar-refractivity contribution < 1.29 is 0 Å². The number of aromatic nitrogens is 2. The van der Waals surface area contributed by atoms with Gasteiger partial charge in [-0.3, -0.25) is 0 Å². The molecule has 120 valence electrons. The summed E-state index contributed by atoms with van der Waals surface area (Å²) in [6.45, 7) is 8.48. The van der Waals surface area contributed by atoms with Crippen molar-refractivity contribution in [2.45, 2.75) is 40.2 Å². The lowest BCUT2D eigenvalue weighted by atomic mass is 10.0. The maximum Gasteiger partial charge on any atom is 0.225 e. The molecule has 1 N–H and O–H groups in total. The van der Waals surface area contributed by atoms with Crippen LogP contribution in [0.5, 0.6) is 0 Å². The Morgan fingerprint density at radius 1 is 1.17 bits per heavy atom. The van der Waals surface area contributed by atoms with Gasteiger partial charge in [-0.15, -0.1) is 11.3 Å². The first-order valence-corrected chi connectivity index (χ1v) is 9.01. The molecule has 3 aromatic rings. The second-order valence-corrected chi connectivity index (χ2v) is 7.45. The van der Waals surface area contributed by atoms with Crippen LogP contribution in [-0.4, -0.2) is 16.0 Å². The first kappa shape index (κ1) is 16.2. The molecule has 3 rings (SSSR count). The number of nitrogens with one attached hydrogen (secondary N) is 1. The fraction of sp³-hybridized carbons (Fsp3) is 0.333. The third-order valence-corrected chi connectivity index (χ3v) is 4.94. The van der Waals surface area contributed by atoms with Crippen molar-refractivity contribution in [3.63, 3.8) is 0 Å². The topological polar surface area (TPSA) is 37.8 Å². The molecule has 3 nitrogen and oxygen atoms in total. The maximum atomic E-state index is 6.10. The van der Waals surface area contributed by atoms with Crippen molar-refractivity contribution in [2.75, 3.05) is 5.32 Å². The highest BCUT2D eigenvalue weighted by molar-refractivity contribution is 7.19. The molecule has 0 bridgehead atoms. The zero-order valence-corrected chi connectivity index (χ0v) is 15.3. The number of halogens is 1. The number of anilines is 1. The van der Waals surface area contributed by atoms with Crippen molar-refractivity contribution in [3.05, 3.63) is 40.0 Å². The molecule has 0 aliphatic carbocycles. The highest BCUT2D eigenvalue weighted by Gasteiger charge is 2.18. The first-order valence-electron chi connectivity index (χ1n) is 7.82. The van der Waals surface area contributed by atoms with Gasteiger partial charge in [0, 0.05) is 16.5 Å². The van der Waals surface area contributed by atoms with E-state index >= 15 is 0 Å². The zero-order valence-electron chi connectivity index (χ0n) is 13.8. The van der Waals surface area contributed by atoms with Gasteiger partial charge in [0.1, 0.15) is 10.6 Å². The Bertz CT molecular complexity index is 838. The summed E-state index contributed by atoms with van der Waals surface area (Å²) in [5, 5.41) is 4.76. The van der Waals surface area contributed by atoms with E-state index in [4.69, 9.17) is 11.6 Å². The number of thiophene rings is 1. The molecular formula is C18H20ClN3S. The van der Waals surface area contributed by atoms with E-state index in [0.717, 1.165) is 22.5 Å². The van der Waals surface area contributed by atoms with Crippen molar-refractivity contribution in [1.82, 2.24) is 9.97 Å². The monoisotopic (exact) mass is 345 g/mol. The average molecular weight is 346 g/mol. The van der Waals surface area contributed by atoms with Gasteiger partial charge in [0.2, 0.25) is 5.28 Å². The van der Waals surface area contributed by atoms with Crippen LogP contribution in [0.4, 0.5) is 5.82 Å². The lowest BCUT2D eigenvalue weighted by molar-refractivity contribution is 0.891. The summed E-state index contributed by atoms with van der Waals surface area (Å²) in [5.41, 5.74) is 3.74. The average Bonchev–Trinajstić information content (AvgIpc) is 2.82. The van der Waals surface area contributed by atoms with E-state index in [1.165, 1.54) is 21.6 Å². The predicted molar refractivity (Wildman–Crippen MR) is 101 cm³/mol. The van der Waals surface area contributed by atoms with Gasteiger partial charge in [0.05, 0.1) is 5.39 Å². The highest BCUT2D eigenvalue weighted by Crippen LogP contribution is 2.41. The molecule has 0 saturated carbocycles. The summed E-state index contributed by atoms with van der Waals surface area (Å²) in [4.78, 5) is 11.0. The summed E-state index contributed by atoms with van der Waals surface area (Å²) in [5.74, 6) is 0.814. The Hall–Kier alpha value is -1.65. The van der Waals surface area contributed by atoms with Crippen molar-refractivity contribution in [1.29, 1.82) is 0 Å². The molecule has 0 spiro atoms. The van der Waals surface area contributed by atoms with Gasteiger partial charge >= 0.3 is 0 Å². The van der Waals surface area contributed by atoms with Gasteiger partial charge in [0.25, 0.3) is 0 Å². The maximum absolute atomic E-state index is 6.10. The first-order chi connectivity index (χ1) is 11.0. The van der Waals surface area contributed by atoms with Crippen LogP contribution in [0, 0.1) is 6.92 Å². The van der Waals surface area contributed by atoms with Crippen LogP contribution in [-0.2, 0) is 6.42 Å². The molecule has 0 unspecified atom stereocenters. The van der Waals surface area contributed by atoms with Gasteiger partial charge in [-0.2, -0.15) is 0 Å². The van der Waals surface area contributed by atoms with Crippen LogP contribution < -0.4 is 5.32 Å². The second-order valence-electron chi connectivity index (χ2n) is 5.90. The lowest BCUT2D eigenvalue weighted by Crippen LogP contribution is -2.11.